The maximum Gasteiger partial charge on any atom is 0.317 e. The summed E-state index contributed by atoms with van der Waals surface area (Å²) < 4.78 is 4.99. The topological polar surface area (TPSA) is 43.4 Å². The summed E-state index contributed by atoms with van der Waals surface area (Å²) in [6.07, 6.45) is -0.168. The molecule has 0 aliphatic carbocycles. The second-order valence-corrected chi connectivity index (χ2v) is 3.94. The first-order valence-electron chi connectivity index (χ1n) is 4.08. The van der Waals surface area contributed by atoms with Gasteiger partial charge < -0.3 is 4.74 Å². The Morgan fingerprint density at radius 2 is 2.00 bits per heavy atom. The van der Waals surface area contributed by atoms with Crippen molar-refractivity contribution in [2.45, 2.75) is 33.8 Å². The van der Waals surface area contributed by atoms with E-state index in [4.69, 9.17) is 4.74 Å². The summed E-state index contributed by atoms with van der Waals surface area (Å²) >= 11 is 0. The van der Waals surface area contributed by atoms with E-state index in [9.17, 15) is 9.59 Å². The highest BCUT2D eigenvalue weighted by Gasteiger charge is 2.51. The zero-order valence-corrected chi connectivity index (χ0v) is 7.88. The van der Waals surface area contributed by atoms with Crippen molar-refractivity contribution < 1.29 is 14.3 Å². The Balaban J connectivity index is 2.99. The van der Waals surface area contributed by atoms with Crippen LogP contribution in [0.4, 0.5) is 0 Å². The lowest BCUT2D eigenvalue weighted by molar-refractivity contribution is -0.146. The van der Waals surface area contributed by atoms with Crippen molar-refractivity contribution in [1.82, 2.24) is 0 Å². The van der Waals surface area contributed by atoms with Crippen molar-refractivity contribution in [2.24, 2.45) is 11.3 Å². The van der Waals surface area contributed by atoms with Crippen LogP contribution >= 0.6 is 0 Å². The number of carbonyl (C=O) groups excluding carboxylic acids is 2. The molecule has 0 saturated carbocycles. The first-order valence-corrected chi connectivity index (χ1v) is 4.08. The Bertz CT molecular complexity index is 230. The molecule has 0 aromatic heterocycles. The zero-order chi connectivity index (χ0) is 9.52. The fourth-order valence-corrected chi connectivity index (χ4v) is 1.62. The first kappa shape index (κ1) is 9.23. The van der Waals surface area contributed by atoms with E-state index >= 15 is 0 Å². The lowest BCUT2D eigenvalue weighted by Gasteiger charge is -2.24. The predicted octanol–water partition coefficient (Wildman–Crippen LogP) is 1.16. The van der Waals surface area contributed by atoms with Gasteiger partial charge in [-0.25, -0.2) is 0 Å². The predicted molar refractivity (Wildman–Crippen MR) is 43.5 cm³/mol. The van der Waals surface area contributed by atoms with Gasteiger partial charge in [-0.2, -0.15) is 0 Å². The molecule has 1 aliphatic rings. The summed E-state index contributed by atoms with van der Waals surface area (Å²) in [6.45, 7) is 7.02. The Labute approximate surface area is 72.1 Å². The molecule has 1 fully saturated rings. The fourth-order valence-electron chi connectivity index (χ4n) is 1.62. The number of esters is 1. The molecule has 0 spiro atoms. The van der Waals surface area contributed by atoms with Gasteiger partial charge in [-0.05, 0) is 13.8 Å². The van der Waals surface area contributed by atoms with Gasteiger partial charge in [0, 0.05) is 5.41 Å². The van der Waals surface area contributed by atoms with Crippen molar-refractivity contribution in [3.05, 3.63) is 0 Å². The number of ketones is 1. The Hall–Kier alpha value is -0.860. The number of Topliss-reactive ketones (excluding diaryl/α,β-unsaturated/α-hetero) is 1. The molecule has 2 atom stereocenters. The molecule has 0 aromatic carbocycles. The second-order valence-electron chi connectivity index (χ2n) is 3.94. The summed E-state index contributed by atoms with van der Waals surface area (Å²) in [4.78, 5) is 22.3. The number of cyclic esters (lactones) is 1. The SMILES string of the molecule is CC(=O)[C@@H]1C(=O)O[C@@H](C)C1(C)C. The average Bonchev–Trinajstić information content (AvgIpc) is 2.02. The molecule has 1 heterocycles. The van der Waals surface area contributed by atoms with Gasteiger partial charge in [0.2, 0.25) is 0 Å². The van der Waals surface area contributed by atoms with Crippen LogP contribution in [-0.2, 0) is 14.3 Å². The largest absolute Gasteiger partial charge is 0.461 e. The van der Waals surface area contributed by atoms with E-state index in [0.717, 1.165) is 0 Å². The van der Waals surface area contributed by atoms with Crippen LogP contribution in [0.25, 0.3) is 0 Å². The maximum atomic E-state index is 11.2. The minimum absolute atomic E-state index is 0.102. The Morgan fingerprint density at radius 1 is 1.50 bits per heavy atom. The van der Waals surface area contributed by atoms with Crippen molar-refractivity contribution in [1.29, 1.82) is 0 Å². The highest BCUT2D eigenvalue weighted by Crippen LogP contribution is 2.40. The molecule has 3 nitrogen and oxygen atoms in total. The van der Waals surface area contributed by atoms with Gasteiger partial charge in [0.1, 0.15) is 17.8 Å². The molecule has 0 amide bonds. The summed E-state index contributed by atoms with van der Waals surface area (Å²) in [6, 6.07) is 0. The fraction of sp³-hybridized carbons (Fsp3) is 0.778. The van der Waals surface area contributed by atoms with E-state index in [2.05, 4.69) is 0 Å². The zero-order valence-electron chi connectivity index (χ0n) is 7.88. The van der Waals surface area contributed by atoms with Gasteiger partial charge in [-0.15, -0.1) is 0 Å². The molecular formula is C9H14O3. The minimum atomic E-state index is -0.576. The molecule has 0 aromatic rings. The van der Waals surface area contributed by atoms with Gasteiger partial charge in [0.15, 0.2) is 0 Å². The Morgan fingerprint density at radius 3 is 2.17 bits per heavy atom. The smallest absolute Gasteiger partial charge is 0.317 e. The number of hydrogen-bond acceptors (Lipinski definition) is 3. The molecule has 3 heteroatoms. The molecule has 12 heavy (non-hydrogen) atoms. The second kappa shape index (κ2) is 2.57. The van der Waals surface area contributed by atoms with Crippen LogP contribution in [-0.4, -0.2) is 17.9 Å². The van der Waals surface area contributed by atoms with Crippen molar-refractivity contribution in [2.75, 3.05) is 0 Å². The third kappa shape index (κ3) is 1.13. The van der Waals surface area contributed by atoms with E-state index in [0.29, 0.717) is 0 Å². The monoisotopic (exact) mass is 170 g/mol. The van der Waals surface area contributed by atoms with E-state index in [-0.39, 0.29) is 23.3 Å². The summed E-state index contributed by atoms with van der Waals surface area (Å²) in [7, 11) is 0. The van der Waals surface area contributed by atoms with E-state index in [1.165, 1.54) is 6.92 Å². The van der Waals surface area contributed by atoms with E-state index < -0.39 is 5.92 Å². The summed E-state index contributed by atoms with van der Waals surface area (Å²) in [5, 5.41) is 0. The Kier molecular flexibility index (Phi) is 1.98. The highest BCUT2D eigenvalue weighted by atomic mass is 16.6. The number of hydrogen-bond donors (Lipinski definition) is 0. The number of ether oxygens (including phenoxy) is 1. The van der Waals surface area contributed by atoms with Gasteiger partial charge in [0.05, 0.1) is 0 Å². The molecule has 0 unspecified atom stereocenters. The third-order valence-corrected chi connectivity index (χ3v) is 2.73. The van der Waals surface area contributed by atoms with Crippen LogP contribution in [0.1, 0.15) is 27.7 Å². The van der Waals surface area contributed by atoms with Crippen LogP contribution in [0.15, 0.2) is 0 Å². The van der Waals surface area contributed by atoms with Crippen molar-refractivity contribution in [3.63, 3.8) is 0 Å². The van der Waals surface area contributed by atoms with Crippen LogP contribution in [0.5, 0.6) is 0 Å². The molecule has 0 radical (unpaired) electrons. The van der Waals surface area contributed by atoms with Crippen LogP contribution in [0.3, 0.4) is 0 Å². The summed E-state index contributed by atoms with van der Waals surface area (Å²) in [5.74, 6) is -1.05. The van der Waals surface area contributed by atoms with Gasteiger partial charge in [0.25, 0.3) is 0 Å². The van der Waals surface area contributed by atoms with Crippen molar-refractivity contribution >= 4 is 11.8 Å². The molecule has 0 bridgehead atoms. The first-order chi connectivity index (χ1) is 5.37. The maximum absolute atomic E-state index is 11.2. The third-order valence-electron chi connectivity index (χ3n) is 2.73. The highest BCUT2D eigenvalue weighted by molar-refractivity contribution is 6.00. The minimum Gasteiger partial charge on any atom is -0.461 e. The standard InChI is InChI=1S/C9H14O3/c1-5(10)7-8(11)12-6(2)9(7,3)4/h6-7H,1-4H3/t6-,7+/m0/s1. The quantitative estimate of drug-likeness (QED) is 0.438. The molecule has 68 valence electrons. The molecule has 1 saturated heterocycles. The molecule has 0 N–H and O–H groups in total. The van der Waals surface area contributed by atoms with Crippen LogP contribution in [0.2, 0.25) is 0 Å². The van der Waals surface area contributed by atoms with E-state index in [1.54, 1.807) is 0 Å². The molecule has 1 rings (SSSR count). The lowest BCUT2D eigenvalue weighted by Crippen LogP contribution is -2.33. The van der Waals surface area contributed by atoms with Gasteiger partial charge >= 0.3 is 5.97 Å². The van der Waals surface area contributed by atoms with Gasteiger partial charge in [-0.3, -0.25) is 9.59 Å². The number of rotatable bonds is 1. The molecular weight excluding hydrogens is 156 g/mol. The average molecular weight is 170 g/mol. The summed E-state index contributed by atoms with van der Waals surface area (Å²) in [5.41, 5.74) is -0.358. The normalized spacial score (nSPS) is 33.2. The van der Waals surface area contributed by atoms with Crippen LogP contribution in [0, 0.1) is 11.3 Å². The molecule has 1 aliphatic heterocycles. The van der Waals surface area contributed by atoms with E-state index in [1.807, 2.05) is 20.8 Å². The lowest BCUT2D eigenvalue weighted by atomic mass is 9.75. The van der Waals surface area contributed by atoms with Crippen molar-refractivity contribution in [3.8, 4) is 0 Å². The van der Waals surface area contributed by atoms with Gasteiger partial charge in [-0.1, -0.05) is 13.8 Å². The van der Waals surface area contributed by atoms with Crippen LogP contribution < -0.4 is 0 Å². The number of carbonyl (C=O) groups is 2.